The Balaban J connectivity index is 1.88. The number of alkyl halides is 7. The lowest BCUT2D eigenvalue weighted by Gasteiger charge is -2.38. The van der Waals surface area contributed by atoms with Crippen LogP contribution in [0, 0.1) is 11.6 Å². The Morgan fingerprint density at radius 2 is 1.58 bits per heavy atom. The van der Waals surface area contributed by atoms with Crippen LogP contribution in [0.25, 0.3) is 0 Å². The summed E-state index contributed by atoms with van der Waals surface area (Å²) in [5.41, 5.74) is -1.12. The Morgan fingerprint density at radius 1 is 0.884 bits per heavy atom. The van der Waals surface area contributed by atoms with Crippen LogP contribution in [0.1, 0.15) is 41.5 Å². The van der Waals surface area contributed by atoms with Crippen LogP contribution in [0.3, 0.4) is 0 Å². The highest BCUT2D eigenvalue weighted by Gasteiger charge is 2.45. The van der Waals surface area contributed by atoms with E-state index in [9.17, 15) is 44.6 Å². The summed E-state index contributed by atoms with van der Waals surface area (Å²) in [6, 6.07) is 14.5. The number of hydrogen-bond acceptors (Lipinski definition) is 4. The Bertz CT molecular complexity index is 1370. The first-order valence-electron chi connectivity index (χ1n) is 13.4. The van der Waals surface area contributed by atoms with Crippen molar-refractivity contribution in [1.29, 1.82) is 0 Å². The number of aliphatic hydroxyl groups excluding tert-OH is 1. The molecule has 0 aromatic heterocycles. The van der Waals surface area contributed by atoms with Crippen LogP contribution >= 0.6 is 0 Å². The third-order valence-electron chi connectivity index (χ3n) is 6.99. The topological polar surface area (TPSA) is 53.5 Å². The van der Waals surface area contributed by atoms with Crippen molar-refractivity contribution in [3.8, 4) is 5.75 Å². The Morgan fingerprint density at radius 3 is 2.21 bits per heavy atom. The number of hydrogen-bond donors (Lipinski definition) is 3. The molecule has 3 aromatic carbocycles. The molecule has 1 saturated carbocycles. The number of aliphatic hydroxyl groups is 1. The van der Waals surface area contributed by atoms with E-state index >= 15 is 0 Å². The van der Waals surface area contributed by atoms with Crippen LogP contribution in [0.15, 0.2) is 66.7 Å². The molecule has 0 spiro atoms. The maximum Gasteiger partial charge on any atom is 0.461 e. The van der Waals surface area contributed by atoms with Crippen molar-refractivity contribution >= 4 is 0 Å². The van der Waals surface area contributed by atoms with Crippen molar-refractivity contribution < 1.29 is 49.4 Å². The summed E-state index contributed by atoms with van der Waals surface area (Å²) in [5.74, 6) is -2.76. The van der Waals surface area contributed by atoms with Crippen molar-refractivity contribution in [3.05, 3.63) is 101 Å². The van der Waals surface area contributed by atoms with Gasteiger partial charge in [-0.2, -0.15) is 30.7 Å². The van der Waals surface area contributed by atoms with Crippen LogP contribution in [0.2, 0.25) is 0 Å². The molecule has 0 amide bonds. The van der Waals surface area contributed by atoms with E-state index in [2.05, 4.69) is 15.4 Å². The van der Waals surface area contributed by atoms with E-state index in [1.807, 2.05) is 0 Å². The highest BCUT2D eigenvalue weighted by Crippen LogP contribution is 2.39. The predicted octanol–water partition coefficient (Wildman–Crippen LogP) is 6.84. The summed E-state index contributed by atoms with van der Waals surface area (Å²) >= 11 is 0. The number of nitrogens with one attached hydrogen (secondary N) is 2. The zero-order valence-corrected chi connectivity index (χ0v) is 22.6. The summed E-state index contributed by atoms with van der Waals surface area (Å²) in [4.78, 5) is 0. The number of ether oxygens (including phenoxy) is 1. The quantitative estimate of drug-likeness (QED) is 0.173. The maximum absolute atomic E-state index is 15.0. The van der Waals surface area contributed by atoms with Crippen molar-refractivity contribution in [1.82, 2.24) is 10.6 Å². The molecule has 1 fully saturated rings. The molecular formula is C30H29F9N2O2. The fourth-order valence-corrected chi connectivity index (χ4v) is 4.76. The average molecular weight is 621 g/mol. The number of benzene rings is 3. The predicted molar refractivity (Wildman–Crippen MR) is 140 cm³/mol. The zero-order chi connectivity index (χ0) is 31.4. The van der Waals surface area contributed by atoms with Crippen LogP contribution in [0.4, 0.5) is 39.5 Å². The second kappa shape index (κ2) is 13.1. The zero-order valence-electron chi connectivity index (χ0n) is 22.6. The standard InChI is InChI=1S/C30H29F9N2O2/c31-22-11-21(12-25(13-22)43-30(38,39)27(33)34)28(14-18-4-2-1-3-5-18,41-17-24(42)15-29(35,36)37)20-6-9-26(32)19(10-20)16-40-23-7-8-23/h1-6,9-13,23-24,27,40-42H,7-8,14-17H2/t24?,28-/m1/s1. The molecule has 1 aliphatic rings. The first kappa shape index (κ1) is 32.6. The van der Waals surface area contributed by atoms with Crippen molar-refractivity contribution in [2.24, 2.45) is 0 Å². The molecule has 4 rings (SSSR count). The van der Waals surface area contributed by atoms with Crippen LogP contribution in [-0.2, 0) is 18.5 Å². The SMILES string of the molecule is OC(CN[C@@](Cc1ccccc1)(c1cc(F)cc(OC(F)(F)C(F)F)c1)c1ccc(F)c(CNC2CC2)c1)CC(F)(F)F. The number of halogens is 9. The average Bonchev–Trinajstić information content (AvgIpc) is 3.74. The molecule has 13 heteroatoms. The molecule has 0 bridgehead atoms. The summed E-state index contributed by atoms with van der Waals surface area (Å²) in [6.45, 7) is -0.639. The van der Waals surface area contributed by atoms with Crippen LogP contribution in [-0.4, -0.2) is 42.5 Å². The van der Waals surface area contributed by atoms with E-state index in [1.54, 1.807) is 30.3 Å². The second-order valence-electron chi connectivity index (χ2n) is 10.5. The molecule has 0 heterocycles. The lowest BCUT2D eigenvalue weighted by Crippen LogP contribution is -2.49. The summed E-state index contributed by atoms with van der Waals surface area (Å²) in [7, 11) is 0. The van der Waals surface area contributed by atoms with Crippen molar-refractivity contribution in [2.45, 2.75) is 68.6 Å². The fraction of sp³-hybridized carbons (Fsp3) is 0.400. The first-order valence-corrected chi connectivity index (χ1v) is 13.4. The van der Waals surface area contributed by atoms with Gasteiger partial charge in [0.2, 0.25) is 0 Å². The molecule has 4 nitrogen and oxygen atoms in total. The lowest BCUT2D eigenvalue weighted by atomic mass is 9.77. The van der Waals surface area contributed by atoms with E-state index < -0.39 is 60.7 Å². The van der Waals surface area contributed by atoms with Gasteiger partial charge in [0.1, 0.15) is 17.4 Å². The van der Waals surface area contributed by atoms with Gasteiger partial charge in [0.05, 0.1) is 18.1 Å². The Kier molecular flexibility index (Phi) is 9.97. The fourth-order valence-electron chi connectivity index (χ4n) is 4.76. The van der Waals surface area contributed by atoms with Gasteiger partial charge in [-0.25, -0.2) is 8.78 Å². The largest absolute Gasteiger partial charge is 0.461 e. The molecule has 3 N–H and O–H groups in total. The van der Waals surface area contributed by atoms with Crippen LogP contribution < -0.4 is 15.4 Å². The Labute approximate surface area is 241 Å². The van der Waals surface area contributed by atoms with E-state index in [-0.39, 0.29) is 35.7 Å². The molecule has 0 aliphatic heterocycles. The van der Waals surface area contributed by atoms with Gasteiger partial charge in [0.25, 0.3) is 0 Å². The minimum atomic E-state index is -4.99. The van der Waals surface area contributed by atoms with Gasteiger partial charge < -0.3 is 20.5 Å². The summed E-state index contributed by atoms with van der Waals surface area (Å²) in [6.07, 6.45) is -15.9. The highest BCUT2D eigenvalue weighted by atomic mass is 19.4. The van der Waals surface area contributed by atoms with Gasteiger partial charge in [0.15, 0.2) is 0 Å². The summed E-state index contributed by atoms with van der Waals surface area (Å²) < 4.78 is 127. The molecule has 43 heavy (non-hydrogen) atoms. The molecule has 1 aliphatic carbocycles. The monoisotopic (exact) mass is 620 g/mol. The smallest absolute Gasteiger partial charge is 0.428 e. The minimum absolute atomic E-state index is 0.0839. The van der Waals surface area contributed by atoms with Gasteiger partial charge in [-0.1, -0.05) is 36.4 Å². The van der Waals surface area contributed by atoms with E-state index in [4.69, 9.17) is 0 Å². The summed E-state index contributed by atoms with van der Waals surface area (Å²) in [5, 5.41) is 16.3. The van der Waals surface area contributed by atoms with Crippen molar-refractivity contribution in [3.63, 3.8) is 0 Å². The lowest BCUT2D eigenvalue weighted by molar-refractivity contribution is -0.253. The van der Waals surface area contributed by atoms with Gasteiger partial charge in [-0.15, -0.1) is 0 Å². The number of rotatable bonds is 14. The molecule has 234 valence electrons. The molecular weight excluding hydrogens is 591 g/mol. The third-order valence-corrected chi connectivity index (χ3v) is 6.99. The molecule has 0 radical (unpaired) electrons. The minimum Gasteiger partial charge on any atom is -0.428 e. The molecule has 3 aromatic rings. The third kappa shape index (κ3) is 8.87. The van der Waals surface area contributed by atoms with Gasteiger partial charge >= 0.3 is 18.7 Å². The molecule has 1 unspecified atom stereocenters. The van der Waals surface area contributed by atoms with Crippen LogP contribution in [0.5, 0.6) is 5.75 Å². The first-order chi connectivity index (χ1) is 20.2. The van der Waals surface area contributed by atoms with E-state index in [1.165, 1.54) is 12.1 Å². The highest BCUT2D eigenvalue weighted by molar-refractivity contribution is 5.46. The molecule has 2 atom stereocenters. The second-order valence-corrected chi connectivity index (χ2v) is 10.5. The van der Waals surface area contributed by atoms with Gasteiger partial charge in [-0.05, 0) is 60.2 Å². The normalized spacial score (nSPS) is 16.3. The Hall–Kier alpha value is -3.29. The molecule has 0 saturated heterocycles. The van der Waals surface area contributed by atoms with Gasteiger partial charge in [0, 0.05) is 30.8 Å². The maximum atomic E-state index is 15.0. The van der Waals surface area contributed by atoms with E-state index in [0.29, 0.717) is 11.6 Å². The van der Waals surface area contributed by atoms with Gasteiger partial charge in [-0.3, -0.25) is 0 Å². The van der Waals surface area contributed by atoms with E-state index in [0.717, 1.165) is 31.0 Å². The van der Waals surface area contributed by atoms with Crippen molar-refractivity contribution in [2.75, 3.05) is 6.54 Å².